The molecule has 0 bridgehead atoms. The van der Waals surface area contributed by atoms with Crippen LogP contribution in [0.5, 0.6) is 5.75 Å². The van der Waals surface area contributed by atoms with Crippen molar-refractivity contribution in [2.45, 2.75) is 0 Å². The van der Waals surface area contributed by atoms with E-state index in [1.165, 1.54) is 25.3 Å². The highest BCUT2D eigenvalue weighted by atomic mass is 79.9. The summed E-state index contributed by atoms with van der Waals surface area (Å²) < 4.78 is 20.1. The third kappa shape index (κ3) is 3.37. The molecule has 3 nitrogen and oxygen atoms in total. The first-order valence-corrected chi connectivity index (χ1v) is 7.20. The Hall–Kier alpha value is -1.40. The first-order chi connectivity index (χ1) is 9.51. The Bertz CT molecular complexity index is 662. The maximum atomic E-state index is 13.7. The summed E-state index contributed by atoms with van der Waals surface area (Å²) in [6.07, 6.45) is 0. The van der Waals surface area contributed by atoms with Crippen molar-refractivity contribution in [2.24, 2.45) is 0 Å². The molecule has 0 radical (unpaired) electrons. The number of benzene rings is 2. The molecule has 0 saturated carbocycles. The van der Waals surface area contributed by atoms with Crippen LogP contribution in [0.3, 0.4) is 0 Å². The smallest absolute Gasteiger partial charge is 0.258 e. The molecule has 0 saturated heterocycles. The van der Waals surface area contributed by atoms with Crippen LogP contribution in [0.1, 0.15) is 10.4 Å². The second-order valence-corrected chi connectivity index (χ2v) is 5.69. The van der Waals surface area contributed by atoms with E-state index in [9.17, 15) is 9.18 Å². The average molecular weight is 403 g/mol. The summed E-state index contributed by atoms with van der Waals surface area (Å²) in [7, 11) is 1.53. The van der Waals surface area contributed by atoms with E-state index in [4.69, 9.17) is 4.74 Å². The average Bonchev–Trinajstić information content (AvgIpc) is 2.43. The van der Waals surface area contributed by atoms with E-state index in [1.807, 2.05) is 0 Å². The maximum Gasteiger partial charge on any atom is 0.258 e. The van der Waals surface area contributed by atoms with Crippen LogP contribution >= 0.6 is 31.9 Å². The van der Waals surface area contributed by atoms with Crippen molar-refractivity contribution >= 4 is 43.5 Å². The fourth-order valence-electron chi connectivity index (χ4n) is 1.59. The van der Waals surface area contributed by atoms with Gasteiger partial charge in [0.05, 0.1) is 18.4 Å². The summed E-state index contributed by atoms with van der Waals surface area (Å²) >= 11 is 6.53. The highest BCUT2D eigenvalue weighted by molar-refractivity contribution is 9.10. The van der Waals surface area contributed by atoms with Gasteiger partial charge in [0.2, 0.25) is 0 Å². The lowest BCUT2D eigenvalue weighted by molar-refractivity contribution is 0.102. The van der Waals surface area contributed by atoms with Gasteiger partial charge in [-0.3, -0.25) is 4.79 Å². The van der Waals surface area contributed by atoms with Crippen LogP contribution in [-0.4, -0.2) is 13.0 Å². The van der Waals surface area contributed by atoms with Gasteiger partial charge in [-0.2, -0.15) is 0 Å². The van der Waals surface area contributed by atoms with E-state index >= 15 is 0 Å². The number of amides is 1. The molecule has 1 amide bonds. The fourth-order valence-corrected chi connectivity index (χ4v) is 2.30. The molecule has 0 spiro atoms. The van der Waals surface area contributed by atoms with E-state index in [-0.39, 0.29) is 5.56 Å². The third-order valence-corrected chi connectivity index (χ3v) is 3.78. The van der Waals surface area contributed by atoms with Gasteiger partial charge in [0, 0.05) is 15.0 Å². The monoisotopic (exact) mass is 401 g/mol. The molecule has 0 heterocycles. The Kier molecular flexibility index (Phi) is 4.77. The summed E-state index contributed by atoms with van der Waals surface area (Å²) in [5.41, 5.74) is 0.475. The van der Waals surface area contributed by atoms with Crippen LogP contribution in [0.25, 0.3) is 0 Å². The van der Waals surface area contributed by atoms with Crippen LogP contribution in [0.2, 0.25) is 0 Å². The molecule has 0 unspecified atom stereocenters. The molecule has 104 valence electrons. The molecule has 0 aliphatic rings. The van der Waals surface area contributed by atoms with Gasteiger partial charge in [0.1, 0.15) is 11.6 Å². The normalized spacial score (nSPS) is 10.2. The zero-order chi connectivity index (χ0) is 14.7. The summed E-state index contributed by atoms with van der Waals surface area (Å²) in [5.74, 6) is -0.513. The number of nitrogens with one attached hydrogen (secondary N) is 1. The number of ether oxygens (including phenoxy) is 1. The minimum absolute atomic E-state index is 0.0332. The molecule has 0 aromatic heterocycles. The predicted octanol–water partition coefficient (Wildman–Crippen LogP) is 4.61. The molecule has 1 N–H and O–H groups in total. The van der Waals surface area contributed by atoms with Crippen molar-refractivity contribution < 1.29 is 13.9 Å². The van der Waals surface area contributed by atoms with E-state index < -0.39 is 11.7 Å². The van der Waals surface area contributed by atoms with E-state index in [0.29, 0.717) is 20.4 Å². The number of halogens is 3. The lowest BCUT2D eigenvalue weighted by atomic mass is 10.2. The van der Waals surface area contributed by atoms with E-state index in [2.05, 4.69) is 37.2 Å². The van der Waals surface area contributed by atoms with Crippen molar-refractivity contribution in [3.63, 3.8) is 0 Å². The Labute approximate surface area is 132 Å². The number of hydrogen-bond donors (Lipinski definition) is 1. The predicted molar refractivity (Wildman–Crippen MR) is 82.7 cm³/mol. The Morgan fingerprint density at radius 3 is 2.65 bits per heavy atom. The van der Waals surface area contributed by atoms with Crippen LogP contribution in [0, 0.1) is 5.82 Å². The second-order valence-electron chi connectivity index (χ2n) is 3.92. The Morgan fingerprint density at radius 1 is 1.20 bits per heavy atom. The minimum atomic E-state index is -0.579. The van der Waals surface area contributed by atoms with Gasteiger partial charge < -0.3 is 10.1 Å². The minimum Gasteiger partial charge on any atom is -0.497 e. The molecule has 0 aliphatic heterocycles. The second kappa shape index (κ2) is 6.37. The van der Waals surface area contributed by atoms with Crippen molar-refractivity contribution in [3.8, 4) is 5.75 Å². The highest BCUT2D eigenvalue weighted by Crippen LogP contribution is 2.28. The van der Waals surface area contributed by atoms with Gasteiger partial charge in [-0.05, 0) is 46.3 Å². The number of carbonyl (C=O) groups excluding carboxylic acids is 1. The number of methoxy groups -OCH3 is 1. The molecule has 0 fully saturated rings. The molecule has 2 aromatic rings. The topological polar surface area (TPSA) is 38.3 Å². The largest absolute Gasteiger partial charge is 0.497 e. The summed E-state index contributed by atoms with van der Waals surface area (Å²) in [4.78, 5) is 12.1. The lowest BCUT2D eigenvalue weighted by Crippen LogP contribution is -2.14. The molecular weight excluding hydrogens is 393 g/mol. The van der Waals surface area contributed by atoms with Gasteiger partial charge in [-0.1, -0.05) is 15.9 Å². The van der Waals surface area contributed by atoms with Crippen LogP contribution in [0.15, 0.2) is 45.3 Å². The van der Waals surface area contributed by atoms with Crippen LogP contribution < -0.4 is 10.1 Å². The van der Waals surface area contributed by atoms with Crippen LogP contribution in [-0.2, 0) is 0 Å². The zero-order valence-electron chi connectivity index (χ0n) is 10.4. The van der Waals surface area contributed by atoms with Crippen molar-refractivity contribution in [3.05, 3.63) is 56.7 Å². The third-order valence-electron chi connectivity index (χ3n) is 2.59. The number of anilines is 1. The molecule has 0 aliphatic carbocycles. The van der Waals surface area contributed by atoms with Gasteiger partial charge in [0.15, 0.2) is 0 Å². The number of rotatable bonds is 3. The molecule has 0 atom stereocenters. The first kappa shape index (κ1) is 15.0. The van der Waals surface area contributed by atoms with Crippen molar-refractivity contribution in [1.82, 2.24) is 0 Å². The summed E-state index contributed by atoms with van der Waals surface area (Å²) in [5, 5.41) is 2.64. The zero-order valence-corrected chi connectivity index (χ0v) is 13.6. The van der Waals surface area contributed by atoms with Gasteiger partial charge in [-0.25, -0.2) is 4.39 Å². The molecule has 20 heavy (non-hydrogen) atoms. The number of hydrogen-bond acceptors (Lipinski definition) is 2. The van der Waals surface area contributed by atoms with Gasteiger partial charge >= 0.3 is 0 Å². The molecule has 2 aromatic carbocycles. The number of carbonyl (C=O) groups is 1. The quantitative estimate of drug-likeness (QED) is 0.813. The Balaban J connectivity index is 2.30. The highest BCUT2D eigenvalue weighted by Gasteiger charge is 2.14. The first-order valence-electron chi connectivity index (χ1n) is 5.61. The molecular formula is C14H10Br2FNO2. The summed E-state index contributed by atoms with van der Waals surface area (Å²) in [6, 6.07) is 9.34. The standard InChI is InChI=1S/C14H10Br2FNO2/c1-20-9-3-4-11(16)13(7-9)18-14(19)10-6-8(15)2-5-12(10)17/h2-7H,1H3,(H,18,19). The SMILES string of the molecule is COc1ccc(Br)c(NC(=O)c2cc(Br)ccc2F)c1. The molecule has 6 heteroatoms. The van der Waals surface area contributed by atoms with Crippen molar-refractivity contribution in [1.29, 1.82) is 0 Å². The molecule has 2 rings (SSSR count). The Morgan fingerprint density at radius 2 is 1.95 bits per heavy atom. The summed E-state index contributed by atoms with van der Waals surface area (Å²) in [6.45, 7) is 0. The van der Waals surface area contributed by atoms with Gasteiger partial charge in [0.25, 0.3) is 5.91 Å². The van der Waals surface area contributed by atoms with E-state index in [1.54, 1.807) is 18.2 Å². The lowest BCUT2D eigenvalue weighted by Gasteiger charge is -2.10. The fraction of sp³-hybridized carbons (Fsp3) is 0.0714. The maximum absolute atomic E-state index is 13.7. The van der Waals surface area contributed by atoms with E-state index in [0.717, 1.165) is 0 Å². The van der Waals surface area contributed by atoms with Crippen LogP contribution in [0.4, 0.5) is 10.1 Å². The van der Waals surface area contributed by atoms with Crippen molar-refractivity contribution in [2.75, 3.05) is 12.4 Å². The van der Waals surface area contributed by atoms with Gasteiger partial charge in [-0.15, -0.1) is 0 Å².